The van der Waals surface area contributed by atoms with Gasteiger partial charge in [0.1, 0.15) is 11.6 Å². The van der Waals surface area contributed by atoms with Crippen molar-refractivity contribution in [2.75, 3.05) is 32.8 Å². The average Bonchev–Trinajstić information content (AvgIpc) is 3.67. The van der Waals surface area contributed by atoms with Gasteiger partial charge in [-0.15, -0.1) is 0 Å². The molecule has 1 aliphatic carbocycles. The molecule has 204 valence electrons. The van der Waals surface area contributed by atoms with Gasteiger partial charge in [0.15, 0.2) is 5.60 Å². The SMILES string of the molecule is CCOc1cc(CN2CC3(CC(N4CCC(C)(C(=O)O)CC4)=NO3)C2)cc(C2CC2)c1-c1ccc(C#N)cc1. The molecule has 39 heavy (non-hydrogen) atoms. The highest BCUT2D eigenvalue weighted by molar-refractivity contribution is 5.85. The van der Waals surface area contributed by atoms with Crippen molar-refractivity contribution in [3.63, 3.8) is 0 Å². The highest BCUT2D eigenvalue weighted by Crippen LogP contribution is 2.48. The quantitative estimate of drug-likeness (QED) is 0.541. The molecule has 0 amide bonds. The number of likely N-dealkylation sites (tertiary alicyclic amines) is 2. The summed E-state index contributed by atoms with van der Waals surface area (Å²) in [4.78, 5) is 22.2. The van der Waals surface area contributed by atoms with Gasteiger partial charge in [0.25, 0.3) is 0 Å². The normalized spacial score (nSPS) is 21.6. The molecule has 2 aromatic carbocycles. The van der Waals surface area contributed by atoms with Gasteiger partial charge in [-0.1, -0.05) is 23.4 Å². The molecule has 4 aliphatic rings. The zero-order chi connectivity index (χ0) is 27.2. The molecule has 3 heterocycles. The van der Waals surface area contributed by atoms with Crippen molar-refractivity contribution in [2.45, 2.75) is 64.0 Å². The second-order valence-corrected chi connectivity index (χ2v) is 11.9. The first-order chi connectivity index (χ1) is 18.8. The van der Waals surface area contributed by atoms with E-state index in [1.165, 1.54) is 24.0 Å². The Labute approximate surface area is 229 Å². The van der Waals surface area contributed by atoms with Gasteiger partial charge >= 0.3 is 5.97 Å². The Morgan fingerprint density at radius 3 is 2.54 bits per heavy atom. The van der Waals surface area contributed by atoms with Crippen LogP contribution in [0.25, 0.3) is 11.1 Å². The Bertz CT molecular complexity index is 1330. The topological polar surface area (TPSA) is 98.4 Å². The van der Waals surface area contributed by atoms with Crippen molar-refractivity contribution in [1.82, 2.24) is 9.80 Å². The van der Waals surface area contributed by atoms with Crippen LogP contribution in [0.4, 0.5) is 0 Å². The van der Waals surface area contributed by atoms with Gasteiger partial charge < -0.3 is 19.6 Å². The molecule has 0 unspecified atom stereocenters. The number of oxime groups is 1. The molecule has 1 saturated carbocycles. The summed E-state index contributed by atoms with van der Waals surface area (Å²) in [6, 6.07) is 14.5. The maximum absolute atomic E-state index is 11.6. The third-order valence-electron chi connectivity index (χ3n) is 8.82. The summed E-state index contributed by atoms with van der Waals surface area (Å²) in [6.07, 6.45) is 4.43. The van der Waals surface area contributed by atoms with Gasteiger partial charge in [0.2, 0.25) is 0 Å². The molecule has 2 saturated heterocycles. The maximum Gasteiger partial charge on any atom is 0.309 e. The van der Waals surface area contributed by atoms with Gasteiger partial charge in [-0.3, -0.25) is 9.69 Å². The van der Waals surface area contributed by atoms with Crippen LogP contribution in [-0.2, 0) is 16.2 Å². The van der Waals surface area contributed by atoms with Gasteiger partial charge in [0, 0.05) is 38.3 Å². The van der Waals surface area contributed by atoms with Crippen LogP contribution in [0, 0.1) is 16.7 Å². The number of carbonyl (C=O) groups is 1. The zero-order valence-corrected chi connectivity index (χ0v) is 22.8. The lowest BCUT2D eigenvalue weighted by molar-refractivity contribution is -0.150. The van der Waals surface area contributed by atoms with Gasteiger partial charge in [-0.2, -0.15) is 5.26 Å². The number of carboxylic acids is 1. The van der Waals surface area contributed by atoms with Crippen LogP contribution in [0.15, 0.2) is 41.6 Å². The third kappa shape index (κ3) is 4.96. The standard InChI is InChI=1S/C31H36N4O4/c1-3-38-26-15-22(14-25(23-8-9-23)28(26)24-6-4-21(17-32)5-7-24)18-34-19-31(20-34)16-27(33-39-31)35-12-10-30(2,11-13-35)29(36)37/h4-7,14-15,23H,3,8-13,16,18-20H2,1-2H3,(H,36,37). The van der Waals surface area contributed by atoms with E-state index in [4.69, 9.17) is 9.57 Å². The molecule has 0 radical (unpaired) electrons. The Morgan fingerprint density at radius 2 is 1.92 bits per heavy atom. The van der Waals surface area contributed by atoms with Crippen molar-refractivity contribution in [1.29, 1.82) is 5.26 Å². The molecule has 6 rings (SSSR count). The fraction of sp³-hybridized carbons (Fsp3) is 0.516. The molecule has 0 bridgehead atoms. The molecule has 1 N–H and O–H groups in total. The lowest BCUT2D eigenvalue weighted by Crippen LogP contribution is -2.61. The molecule has 8 nitrogen and oxygen atoms in total. The minimum absolute atomic E-state index is 0.270. The van der Waals surface area contributed by atoms with E-state index in [-0.39, 0.29) is 5.60 Å². The van der Waals surface area contributed by atoms with Crippen LogP contribution in [0.3, 0.4) is 0 Å². The predicted molar refractivity (Wildman–Crippen MR) is 147 cm³/mol. The molecule has 2 aromatic rings. The largest absolute Gasteiger partial charge is 0.493 e. The molecule has 3 fully saturated rings. The number of nitriles is 1. The van der Waals surface area contributed by atoms with E-state index in [2.05, 4.69) is 33.2 Å². The second-order valence-electron chi connectivity index (χ2n) is 11.9. The maximum atomic E-state index is 11.6. The van der Waals surface area contributed by atoms with Crippen molar-refractivity contribution in [2.24, 2.45) is 10.6 Å². The smallest absolute Gasteiger partial charge is 0.309 e. The van der Waals surface area contributed by atoms with Crippen LogP contribution in [0.2, 0.25) is 0 Å². The minimum Gasteiger partial charge on any atom is -0.493 e. The number of aliphatic carboxylic acids is 1. The van der Waals surface area contributed by atoms with Crippen molar-refractivity contribution >= 4 is 11.8 Å². The average molecular weight is 529 g/mol. The van der Waals surface area contributed by atoms with Crippen LogP contribution in [0.5, 0.6) is 5.75 Å². The number of rotatable bonds is 7. The Morgan fingerprint density at radius 1 is 1.21 bits per heavy atom. The van der Waals surface area contributed by atoms with Crippen molar-refractivity contribution in [3.05, 3.63) is 53.1 Å². The van der Waals surface area contributed by atoms with Crippen LogP contribution in [0.1, 0.15) is 68.6 Å². The van der Waals surface area contributed by atoms with Gasteiger partial charge in [0.05, 0.1) is 30.1 Å². The minimum atomic E-state index is -0.708. The third-order valence-corrected chi connectivity index (χ3v) is 8.82. The van der Waals surface area contributed by atoms with Crippen LogP contribution >= 0.6 is 0 Å². The highest BCUT2D eigenvalue weighted by Gasteiger charge is 2.51. The van der Waals surface area contributed by atoms with E-state index in [9.17, 15) is 15.2 Å². The fourth-order valence-electron chi connectivity index (χ4n) is 6.25. The molecular formula is C31H36N4O4. The van der Waals surface area contributed by atoms with E-state index in [1.54, 1.807) is 0 Å². The monoisotopic (exact) mass is 528 g/mol. The van der Waals surface area contributed by atoms with E-state index in [0.717, 1.165) is 48.8 Å². The summed E-state index contributed by atoms with van der Waals surface area (Å²) >= 11 is 0. The first-order valence-corrected chi connectivity index (χ1v) is 14.1. The highest BCUT2D eigenvalue weighted by atomic mass is 16.7. The molecule has 3 aliphatic heterocycles. The summed E-state index contributed by atoms with van der Waals surface area (Å²) in [5, 5.41) is 23.2. The van der Waals surface area contributed by atoms with Gasteiger partial charge in [-0.05, 0) is 80.3 Å². The van der Waals surface area contributed by atoms with Gasteiger partial charge in [-0.25, -0.2) is 0 Å². The summed E-state index contributed by atoms with van der Waals surface area (Å²) in [6.45, 7) is 8.34. The molecule has 1 spiro atoms. The first kappa shape index (κ1) is 25.7. The Balaban J connectivity index is 1.12. The Hall–Kier alpha value is -3.57. The van der Waals surface area contributed by atoms with E-state index in [1.807, 2.05) is 38.1 Å². The zero-order valence-electron chi connectivity index (χ0n) is 22.8. The molecule has 0 aromatic heterocycles. The number of benzene rings is 2. The summed E-state index contributed by atoms with van der Waals surface area (Å²) in [5.74, 6) is 1.72. The number of piperidine rings is 1. The first-order valence-electron chi connectivity index (χ1n) is 14.1. The summed E-state index contributed by atoms with van der Waals surface area (Å²) < 4.78 is 6.18. The number of nitrogens with zero attached hydrogens (tertiary/aromatic N) is 4. The van der Waals surface area contributed by atoms with Crippen LogP contribution in [-0.4, -0.2) is 65.1 Å². The predicted octanol–water partition coefficient (Wildman–Crippen LogP) is 4.98. The van der Waals surface area contributed by atoms with Crippen LogP contribution < -0.4 is 4.74 Å². The fourth-order valence-corrected chi connectivity index (χ4v) is 6.25. The number of ether oxygens (including phenoxy) is 1. The van der Waals surface area contributed by atoms with Crippen molar-refractivity contribution < 1.29 is 19.5 Å². The van der Waals surface area contributed by atoms with Crippen molar-refractivity contribution in [3.8, 4) is 22.9 Å². The number of hydrogen-bond acceptors (Lipinski definition) is 7. The lowest BCUT2D eigenvalue weighted by atomic mass is 9.80. The number of amidine groups is 1. The second kappa shape index (κ2) is 9.87. The lowest BCUT2D eigenvalue weighted by Gasteiger charge is -2.45. The molecule has 8 heteroatoms. The Kier molecular flexibility index (Phi) is 6.50. The molecule has 0 atom stereocenters. The number of carboxylic acid groups (broad SMARTS) is 1. The van der Waals surface area contributed by atoms with E-state index >= 15 is 0 Å². The molecular weight excluding hydrogens is 492 g/mol. The summed E-state index contributed by atoms with van der Waals surface area (Å²) in [7, 11) is 0. The van der Waals surface area contributed by atoms with E-state index < -0.39 is 11.4 Å². The number of hydrogen-bond donors (Lipinski definition) is 1. The summed E-state index contributed by atoms with van der Waals surface area (Å²) in [5.41, 5.74) is 4.59. The van der Waals surface area contributed by atoms with E-state index in [0.29, 0.717) is 44.0 Å².